The van der Waals surface area contributed by atoms with Gasteiger partial charge >= 0.3 is 6.09 Å². The van der Waals surface area contributed by atoms with Crippen molar-refractivity contribution >= 4 is 12.0 Å². The van der Waals surface area contributed by atoms with E-state index in [1.807, 2.05) is 13.8 Å². The highest BCUT2D eigenvalue weighted by Crippen LogP contribution is 2.20. The minimum Gasteiger partial charge on any atom is -0.475 e. The third-order valence-electron chi connectivity index (χ3n) is 4.48. The first-order valence-electron chi connectivity index (χ1n) is 9.66. The molecular formula is C20H31N3O5. The minimum atomic E-state index is -0.713. The van der Waals surface area contributed by atoms with Crippen molar-refractivity contribution in [3.05, 3.63) is 23.9 Å². The summed E-state index contributed by atoms with van der Waals surface area (Å²) in [5.41, 5.74) is -0.158. The maximum atomic E-state index is 12.4. The molecule has 1 aromatic heterocycles. The van der Waals surface area contributed by atoms with Crippen LogP contribution in [0, 0.1) is 5.92 Å². The Morgan fingerprint density at radius 2 is 2.11 bits per heavy atom. The van der Waals surface area contributed by atoms with Crippen LogP contribution in [0.25, 0.3) is 0 Å². The number of nitrogens with zero attached hydrogens (tertiary/aromatic N) is 2. The highest BCUT2D eigenvalue weighted by Gasteiger charge is 2.36. The Hall–Kier alpha value is -2.35. The van der Waals surface area contributed by atoms with Crippen molar-refractivity contribution in [2.24, 2.45) is 5.92 Å². The van der Waals surface area contributed by atoms with Gasteiger partial charge in [0.2, 0.25) is 5.88 Å². The zero-order valence-electron chi connectivity index (χ0n) is 17.3. The van der Waals surface area contributed by atoms with Gasteiger partial charge in [-0.2, -0.15) is 0 Å². The second kappa shape index (κ2) is 9.23. The van der Waals surface area contributed by atoms with Crippen LogP contribution >= 0.6 is 0 Å². The van der Waals surface area contributed by atoms with Crippen molar-refractivity contribution < 1.29 is 24.2 Å². The van der Waals surface area contributed by atoms with Crippen LogP contribution in [0.5, 0.6) is 5.88 Å². The first-order chi connectivity index (χ1) is 13.1. The van der Waals surface area contributed by atoms with Gasteiger partial charge in [-0.05, 0) is 40.2 Å². The molecule has 1 aliphatic rings. The zero-order valence-corrected chi connectivity index (χ0v) is 17.3. The molecule has 0 aromatic carbocycles. The monoisotopic (exact) mass is 393 g/mol. The molecule has 1 saturated heterocycles. The molecule has 1 aliphatic heterocycles. The number of amides is 2. The molecule has 0 saturated carbocycles. The molecule has 1 fully saturated rings. The summed E-state index contributed by atoms with van der Waals surface area (Å²) < 4.78 is 11.0. The standard InChI is InChI=1S/C20H31N3O5/c1-6-13(2)27-17-9-14(7-8-21-17)18(25)22-10-15-11-23(12-16(15)24)19(26)28-20(3,4)5/h7-9,13,15-16,24H,6,10-12H2,1-5H3,(H,22,25)/t13-,15-,16+/m0/s1. The number of hydrogen-bond acceptors (Lipinski definition) is 6. The van der Waals surface area contributed by atoms with E-state index in [1.54, 1.807) is 32.9 Å². The van der Waals surface area contributed by atoms with Crippen LogP contribution in [0.15, 0.2) is 18.3 Å². The molecule has 0 spiro atoms. The second-order valence-electron chi connectivity index (χ2n) is 8.14. The lowest BCUT2D eigenvalue weighted by atomic mass is 10.1. The van der Waals surface area contributed by atoms with E-state index in [0.717, 1.165) is 6.42 Å². The van der Waals surface area contributed by atoms with Crippen LogP contribution < -0.4 is 10.1 Å². The number of aromatic nitrogens is 1. The first-order valence-corrected chi connectivity index (χ1v) is 9.66. The highest BCUT2D eigenvalue weighted by molar-refractivity contribution is 5.94. The number of hydrogen-bond donors (Lipinski definition) is 2. The fraction of sp³-hybridized carbons (Fsp3) is 0.650. The lowest BCUT2D eigenvalue weighted by Gasteiger charge is -2.24. The number of aliphatic hydroxyl groups excluding tert-OH is 1. The van der Waals surface area contributed by atoms with E-state index in [2.05, 4.69) is 10.3 Å². The third-order valence-corrected chi connectivity index (χ3v) is 4.48. The molecule has 2 N–H and O–H groups in total. The van der Waals surface area contributed by atoms with Crippen molar-refractivity contribution in [1.82, 2.24) is 15.2 Å². The molecule has 0 unspecified atom stereocenters. The van der Waals surface area contributed by atoms with E-state index in [-0.39, 0.29) is 31.0 Å². The number of carbonyl (C=O) groups is 2. The summed E-state index contributed by atoms with van der Waals surface area (Å²) in [6, 6.07) is 3.20. The summed E-state index contributed by atoms with van der Waals surface area (Å²) in [7, 11) is 0. The summed E-state index contributed by atoms with van der Waals surface area (Å²) in [5.74, 6) is -0.132. The van der Waals surface area contributed by atoms with Gasteiger partial charge in [-0.25, -0.2) is 9.78 Å². The van der Waals surface area contributed by atoms with Gasteiger partial charge in [0.1, 0.15) is 5.60 Å². The second-order valence-corrected chi connectivity index (χ2v) is 8.14. The highest BCUT2D eigenvalue weighted by atomic mass is 16.6. The fourth-order valence-electron chi connectivity index (χ4n) is 2.76. The van der Waals surface area contributed by atoms with E-state index in [9.17, 15) is 14.7 Å². The molecule has 3 atom stereocenters. The van der Waals surface area contributed by atoms with Gasteiger partial charge in [0.05, 0.1) is 18.8 Å². The van der Waals surface area contributed by atoms with Crippen LogP contribution in [-0.2, 0) is 4.74 Å². The molecule has 0 bridgehead atoms. The molecule has 8 heteroatoms. The Balaban J connectivity index is 1.89. The quantitative estimate of drug-likeness (QED) is 0.769. The first kappa shape index (κ1) is 21.9. The number of β-amino-alcohol motifs (C(OH)–C–C–N with tert-alkyl or cyclic N) is 1. The predicted molar refractivity (Wildman–Crippen MR) is 104 cm³/mol. The smallest absolute Gasteiger partial charge is 0.410 e. The molecule has 8 nitrogen and oxygen atoms in total. The number of nitrogens with one attached hydrogen (secondary N) is 1. The largest absolute Gasteiger partial charge is 0.475 e. The van der Waals surface area contributed by atoms with Gasteiger partial charge in [0, 0.05) is 36.8 Å². The number of ether oxygens (including phenoxy) is 2. The number of likely N-dealkylation sites (tertiary alicyclic amines) is 1. The topological polar surface area (TPSA) is 101 Å². The fourth-order valence-corrected chi connectivity index (χ4v) is 2.76. The normalized spacial score (nSPS) is 20.6. The van der Waals surface area contributed by atoms with Gasteiger partial charge in [-0.15, -0.1) is 0 Å². The SMILES string of the molecule is CC[C@H](C)Oc1cc(C(=O)NC[C@H]2CN(C(=O)OC(C)(C)C)C[C@H]2O)ccn1. The summed E-state index contributed by atoms with van der Waals surface area (Å²) in [6.45, 7) is 10.1. The van der Waals surface area contributed by atoms with Crippen LogP contribution in [0.3, 0.4) is 0 Å². The average Bonchev–Trinajstić information content (AvgIpc) is 2.99. The van der Waals surface area contributed by atoms with Crippen LogP contribution in [0.4, 0.5) is 4.79 Å². The maximum absolute atomic E-state index is 12.4. The Morgan fingerprint density at radius 3 is 2.75 bits per heavy atom. The van der Waals surface area contributed by atoms with E-state index in [1.165, 1.54) is 11.1 Å². The van der Waals surface area contributed by atoms with Gasteiger partial charge in [0.25, 0.3) is 5.91 Å². The van der Waals surface area contributed by atoms with Crippen molar-refractivity contribution in [3.8, 4) is 5.88 Å². The molecule has 2 rings (SSSR count). The number of pyridine rings is 1. The van der Waals surface area contributed by atoms with Crippen LogP contribution in [0.2, 0.25) is 0 Å². The Kier molecular flexibility index (Phi) is 7.23. The van der Waals surface area contributed by atoms with Gasteiger partial charge in [-0.3, -0.25) is 4.79 Å². The molecule has 0 aliphatic carbocycles. The van der Waals surface area contributed by atoms with E-state index >= 15 is 0 Å². The Bertz CT molecular complexity index is 689. The maximum Gasteiger partial charge on any atom is 0.410 e. The van der Waals surface area contributed by atoms with Crippen LogP contribution in [0.1, 0.15) is 51.4 Å². The molecule has 28 heavy (non-hydrogen) atoms. The van der Waals surface area contributed by atoms with E-state index in [0.29, 0.717) is 18.0 Å². The minimum absolute atomic E-state index is 0.0123. The Labute approximate surface area is 166 Å². The van der Waals surface area contributed by atoms with Crippen molar-refractivity contribution in [2.45, 2.75) is 58.8 Å². The Morgan fingerprint density at radius 1 is 1.39 bits per heavy atom. The molecule has 2 heterocycles. The molecule has 1 aromatic rings. The predicted octanol–water partition coefficient (Wildman–Crippen LogP) is 2.22. The van der Waals surface area contributed by atoms with Crippen molar-refractivity contribution in [1.29, 1.82) is 0 Å². The van der Waals surface area contributed by atoms with Gasteiger partial charge < -0.3 is 24.8 Å². The number of carbonyl (C=O) groups excluding carboxylic acids is 2. The molecule has 156 valence electrons. The van der Waals surface area contributed by atoms with Crippen molar-refractivity contribution in [3.63, 3.8) is 0 Å². The van der Waals surface area contributed by atoms with E-state index < -0.39 is 17.8 Å². The molecular weight excluding hydrogens is 362 g/mol. The average molecular weight is 393 g/mol. The molecule has 2 amide bonds. The van der Waals surface area contributed by atoms with Crippen molar-refractivity contribution in [2.75, 3.05) is 19.6 Å². The third kappa shape index (κ3) is 6.37. The lowest BCUT2D eigenvalue weighted by Crippen LogP contribution is -2.36. The van der Waals surface area contributed by atoms with E-state index in [4.69, 9.17) is 9.47 Å². The zero-order chi connectivity index (χ0) is 20.9. The summed E-state index contributed by atoms with van der Waals surface area (Å²) in [5, 5.41) is 13.0. The summed E-state index contributed by atoms with van der Waals surface area (Å²) >= 11 is 0. The molecule has 0 radical (unpaired) electrons. The summed E-state index contributed by atoms with van der Waals surface area (Å²) in [6.07, 6.45) is 1.21. The van der Waals surface area contributed by atoms with Gasteiger partial charge in [-0.1, -0.05) is 6.92 Å². The van der Waals surface area contributed by atoms with Crippen LogP contribution in [-0.4, -0.2) is 64.4 Å². The lowest BCUT2D eigenvalue weighted by molar-refractivity contribution is 0.0269. The summed E-state index contributed by atoms with van der Waals surface area (Å²) in [4.78, 5) is 30.2. The number of aliphatic hydroxyl groups is 1. The number of rotatable bonds is 6. The van der Waals surface area contributed by atoms with Gasteiger partial charge in [0.15, 0.2) is 0 Å².